The van der Waals surface area contributed by atoms with Gasteiger partial charge in [-0.15, -0.1) is 5.10 Å². The number of ether oxygens (including phenoxy) is 1. The van der Waals surface area contributed by atoms with Crippen molar-refractivity contribution < 1.29 is 4.74 Å². The number of tetrazole rings is 1. The number of aromatic nitrogens is 6. The van der Waals surface area contributed by atoms with Crippen LogP contribution in [0, 0.1) is 6.92 Å². The molecule has 1 aliphatic heterocycles. The van der Waals surface area contributed by atoms with Crippen LogP contribution in [0.2, 0.25) is 0 Å². The van der Waals surface area contributed by atoms with E-state index in [4.69, 9.17) is 4.74 Å². The van der Waals surface area contributed by atoms with E-state index in [2.05, 4.69) is 48.6 Å². The van der Waals surface area contributed by atoms with Gasteiger partial charge in [0.05, 0.1) is 12.6 Å². The Labute approximate surface area is 226 Å². The van der Waals surface area contributed by atoms with E-state index in [1.165, 1.54) is 0 Å². The molecule has 1 saturated heterocycles. The molecule has 0 unspecified atom stereocenters. The molecule has 0 amide bonds. The third-order valence-corrected chi connectivity index (χ3v) is 7.23. The predicted molar refractivity (Wildman–Crippen MR) is 148 cm³/mol. The van der Waals surface area contributed by atoms with Crippen molar-refractivity contribution in [1.29, 1.82) is 0 Å². The molecule has 1 aliphatic rings. The molecule has 5 aromatic rings. The fourth-order valence-corrected chi connectivity index (χ4v) is 5.34. The molecule has 1 fully saturated rings. The zero-order valence-electron chi connectivity index (χ0n) is 21.9. The van der Waals surface area contributed by atoms with E-state index >= 15 is 0 Å². The highest BCUT2D eigenvalue weighted by Gasteiger charge is 2.32. The molecule has 0 aliphatic carbocycles. The number of aromatic amines is 1. The number of rotatable bonds is 9. The van der Waals surface area contributed by atoms with E-state index in [1.54, 1.807) is 10.9 Å². The lowest BCUT2D eigenvalue weighted by molar-refractivity contribution is 0.0903. The Morgan fingerprint density at radius 2 is 1.92 bits per heavy atom. The molecule has 0 radical (unpaired) electrons. The van der Waals surface area contributed by atoms with Crippen molar-refractivity contribution in [3.63, 3.8) is 0 Å². The first kappa shape index (κ1) is 25.1. The Hall–Kier alpha value is -4.21. The standard InChI is InChI=1S/C30H31N7O2/c1-21-11-12-24-16-26(30(38)32-27(24)15-21)28(29-33-34-35-37(29)20-25-10-6-14-39-25)36(18-22-7-3-2-4-8-22)19-23-9-5-13-31-17-23/h2-5,7-9,11-13,15-17,25,28H,6,10,14,18-20H2,1H3,(H,32,38)/t25-,28-/m0/s1. The molecule has 2 atom stereocenters. The highest BCUT2D eigenvalue weighted by atomic mass is 16.5. The van der Waals surface area contributed by atoms with Gasteiger partial charge in [-0.05, 0) is 70.5 Å². The van der Waals surface area contributed by atoms with Crippen molar-refractivity contribution in [3.05, 3.63) is 118 Å². The van der Waals surface area contributed by atoms with Crippen LogP contribution >= 0.6 is 0 Å². The van der Waals surface area contributed by atoms with Crippen molar-refractivity contribution in [2.45, 2.75) is 51.5 Å². The molecule has 198 valence electrons. The first-order valence-corrected chi connectivity index (χ1v) is 13.3. The Bertz CT molecular complexity index is 1550. The van der Waals surface area contributed by atoms with Gasteiger partial charge in [0.2, 0.25) is 0 Å². The quantitative estimate of drug-likeness (QED) is 0.310. The largest absolute Gasteiger partial charge is 0.376 e. The summed E-state index contributed by atoms with van der Waals surface area (Å²) in [6, 6.07) is 21.8. The number of pyridine rings is 2. The number of benzene rings is 2. The number of hydrogen-bond donors (Lipinski definition) is 1. The van der Waals surface area contributed by atoms with Gasteiger partial charge in [0.1, 0.15) is 6.04 Å². The van der Waals surface area contributed by atoms with Crippen molar-refractivity contribution in [3.8, 4) is 0 Å². The van der Waals surface area contributed by atoms with E-state index in [1.807, 2.05) is 61.7 Å². The van der Waals surface area contributed by atoms with E-state index < -0.39 is 6.04 Å². The lowest BCUT2D eigenvalue weighted by Crippen LogP contribution is -2.35. The van der Waals surface area contributed by atoms with E-state index in [-0.39, 0.29) is 11.7 Å². The molecule has 1 N–H and O–H groups in total. The maximum absolute atomic E-state index is 13.7. The van der Waals surface area contributed by atoms with Crippen molar-refractivity contribution in [2.75, 3.05) is 6.61 Å². The highest BCUT2D eigenvalue weighted by molar-refractivity contribution is 5.79. The summed E-state index contributed by atoms with van der Waals surface area (Å²) in [5.41, 5.74) is 4.49. The first-order chi connectivity index (χ1) is 19.1. The van der Waals surface area contributed by atoms with Gasteiger partial charge >= 0.3 is 0 Å². The van der Waals surface area contributed by atoms with Crippen molar-refractivity contribution in [2.24, 2.45) is 0 Å². The zero-order valence-corrected chi connectivity index (χ0v) is 21.9. The second kappa shape index (κ2) is 11.3. The van der Waals surface area contributed by atoms with Crippen LogP contribution in [-0.2, 0) is 24.4 Å². The molecule has 0 spiro atoms. The lowest BCUT2D eigenvalue weighted by atomic mass is 10.0. The second-order valence-electron chi connectivity index (χ2n) is 10.2. The second-order valence-corrected chi connectivity index (χ2v) is 10.2. The summed E-state index contributed by atoms with van der Waals surface area (Å²) in [4.78, 5) is 23.4. The minimum absolute atomic E-state index is 0.0478. The average Bonchev–Trinajstić information content (AvgIpc) is 3.63. The molecule has 0 bridgehead atoms. The summed E-state index contributed by atoms with van der Waals surface area (Å²) in [5.74, 6) is 0.613. The van der Waals surface area contributed by atoms with Gasteiger partial charge < -0.3 is 9.72 Å². The predicted octanol–water partition coefficient (Wildman–Crippen LogP) is 4.19. The van der Waals surface area contributed by atoms with Gasteiger partial charge in [0.15, 0.2) is 5.82 Å². The van der Waals surface area contributed by atoms with Gasteiger partial charge in [-0.25, -0.2) is 4.68 Å². The molecule has 9 heteroatoms. The minimum Gasteiger partial charge on any atom is -0.376 e. The fraction of sp³-hybridized carbons (Fsp3) is 0.300. The number of H-pyrrole nitrogens is 1. The maximum atomic E-state index is 13.7. The van der Waals surface area contributed by atoms with Crippen LogP contribution in [0.1, 0.15) is 47.0 Å². The summed E-state index contributed by atoms with van der Waals surface area (Å²) in [6.07, 6.45) is 5.66. The van der Waals surface area contributed by atoms with E-state index in [0.717, 1.165) is 47.0 Å². The fourth-order valence-electron chi connectivity index (χ4n) is 5.34. The van der Waals surface area contributed by atoms with E-state index in [0.29, 0.717) is 31.0 Å². The smallest absolute Gasteiger partial charge is 0.253 e. The third kappa shape index (κ3) is 5.64. The van der Waals surface area contributed by atoms with Crippen molar-refractivity contribution in [1.82, 2.24) is 35.1 Å². The van der Waals surface area contributed by atoms with Crippen LogP contribution in [0.3, 0.4) is 0 Å². The molecule has 6 rings (SSSR count). The minimum atomic E-state index is -0.517. The van der Waals surface area contributed by atoms with Crippen molar-refractivity contribution >= 4 is 10.9 Å². The number of aryl methyl sites for hydroxylation is 1. The summed E-state index contributed by atoms with van der Waals surface area (Å²) >= 11 is 0. The Kier molecular flexibility index (Phi) is 7.25. The van der Waals surface area contributed by atoms with Crippen LogP contribution in [0.25, 0.3) is 10.9 Å². The van der Waals surface area contributed by atoms with Gasteiger partial charge in [-0.3, -0.25) is 14.7 Å². The van der Waals surface area contributed by atoms with Gasteiger partial charge in [0.25, 0.3) is 5.56 Å². The summed E-state index contributed by atoms with van der Waals surface area (Å²) in [7, 11) is 0. The first-order valence-electron chi connectivity index (χ1n) is 13.3. The maximum Gasteiger partial charge on any atom is 0.253 e. The van der Waals surface area contributed by atoms with Gasteiger partial charge in [-0.1, -0.05) is 48.5 Å². The molecular formula is C30H31N7O2. The van der Waals surface area contributed by atoms with Crippen LogP contribution in [0.5, 0.6) is 0 Å². The monoisotopic (exact) mass is 521 g/mol. The van der Waals surface area contributed by atoms with Gasteiger partial charge in [0, 0.05) is 43.2 Å². The Morgan fingerprint density at radius 3 is 2.72 bits per heavy atom. The molecular weight excluding hydrogens is 490 g/mol. The number of hydrogen-bond acceptors (Lipinski definition) is 7. The average molecular weight is 522 g/mol. The number of fused-ring (bicyclic) bond motifs is 1. The Balaban J connectivity index is 1.50. The number of nitrogens with one attached hydrogen (secondary N) is 1. The van der Waals surface area contributed by atoms with Crippen LogP contribution in [0.15, 0.2) is 83.9 Å². The molecule has 2 aromatic carbocycles. The highest BCUT2D eigenvalue weighted by Crippen LogP contribution is 2.30. The molecule has 4 heterocycles. The topological polar surface area (TPSA) is 102 Å². The van der Waals surface area contributed by atoms with Crippen LogP contribution < -0.4 is 5.56 Å². The lowest BCUT2D eigenvalue weighted by Gasteiger charge is -2.31. The summed E-state index contributed by atoms with van der Waals surface area (Å²) < 4.78 is 7.71. The van der Waals surface area contributed by atoms with Gasteiger partial charge in [-0.2, -0.15) is 0 Å². The number of nitrogens with zero attached hydrogens (tertiary/aromatic N) is 6. The van der Waals surface area contributed by atoms with Crippen LogP contribution in [-0.4, -0.2) is 47.8 Å². The van der Waals surface area contributed by atoms with Crippen LogP contribution in [0.4, 0.5) is 0 Å². The zero-order chi connectivity index (χ0) is 26.6. The Morgan fingerprint density at radius 1 is 1.08 bits per heavy atom. The normalized spacial score (nSPS) is 16.2. The summed E-state index contributed by atoms with van der Waals surface area (Å²) in [6.45, 7) is 4.43. The summed E-state index contributed by atoms with van der Waals surface area (Å²) in [5, 5.41) is 13.9. The van der Waals surface area contributed by atoms with E-state index in [9.17, 15) is 4.79 Å². The SMILES string of the molecule is Cc1ccc2cc([C@@H](c3nnnn3C[C@@H]3CCCO3)N(Cc3ccccc3)Cc3cccnc3)c(=O)[nH]c2c1. The third-order valence-electron chi connectivity index (χ3n) is 7.23. The molecule has 0 saturated carbocycles. The molecule has 3 aromatic heterocycles. The molecule has 9 nitrogen and oxygen atoms in total. The molecule has 39 heavy (non-hydrogen) atoms.